The smallest absolute Gasteiger partial charge is 0.345 e. The molecule has 7 heteroatoms. The SMILES string of the molecule is CCOC=C(C(=O)OCC)C(=O)c1cccc([N+](=O)[O-])c1. The molecule has 0 saturated heterocycles. The van der Waals surface area contributed by atoms with Crippen molar-refractivity contribution in [1.29, 1.82) is 0 Å². The van der Waals surface area contributed by atoms with E-state index >= 15 is 0 Å². The van der Waals surface area contributed by atoms with Crippen molar-refractivity contribution >= 4 is 17.4 Å². The summed E-state index contributed by atoms with van der Waals surface area (Å²) < 4.78 is 9.75. The lowest BCUT2D eigenvalue weighted by Crippen LogP contribution is -2.17. The highest BCUT2D eigenvalue weighted by Crippen LogP contribution is 2.17. The fraction of sp³-hybridized carbons (Fsp3) is 0.286. The molecule has 0 aromatic heterocycles. The lowest BCUT2D eigenvalue weighted by atomic mass is 10.0. The van der Waals surface area contributed by atoms with Crippen LogP contribution in [0, 0.1) is 10.1 Å². The fourth-order valence-electron chi connectivity index (χ4n) is 1.49. The van der Waals surface area contributed by atoms with E-state index in [1.807, 2.05) is 0 Å². The molecule has 0 aliphatic rings. The number of rotatable bonds is 7. The average Bonchev–Trinajstić information content (AvgIpc) is 2.47. The van der Waals surface area contributed by atoms with E-state index < -0.39 is 16.7 Å². The molecule has 0 aliphatic carbocycles. The quantitative estimate of drug-likeness (QED) is 0.112. The number of hydrogen-bond donors (Lipinski definition) is 0. The zero-order chi connectivity index (χ0) is 15.8. The van der Waals surface area contributed by atoms with Crippen LogP contribution in [0.4, 0.5) is 5.69 Å². The second-order valence-corrected chi connectivity index (χ2v) is 3.84. The maximum absolute atomic E-state index is 12.3. The van der Waals surface area contributed by atoms with Crippen molar-refractivity contribution in [3.63, 3.8) is 0 Å². The first-order valence-corrected chi connectivity index (χ1v) is 6.29. The highest BCUT2D eigenvalue weighted by Gasteiger charge is 2.23. The number of ketones is 1. The van der Waals surface area contributed by atoms with Crippen molar-refractivity contribution in [2.24, 2.45) is 0 Å². The van der Waals surface area contributed by atoms with Gasteiger partial charge >= 0.3 is 5.97 Å². The van der Waals surface area contributed by atoms with E-state index in [4.69, 9.17) is 9.47 Å². The minimum atomic E-state index is -0.831. The van der Waals surface area contributed by atoms with E-state index in [-0.39, 0.29) is 30.0 Å². The van der Waals surface area contributed by atoms with Crippen molar-refractivity contribution in [3.05, 3.63) is 51.8 Å². The van der Waals surface area contributed by atoms with Gasteiger partial charge in [-0.05, 0) is 13.8 Å². The summed E-state index contributed by atoms with van der Waals surface area (Å²) in [6, 6.07) is 5.11. The number of non-ortho nitro benzene ring substituents is 1. The van der Waals surface area contributed by atoms with Crippen LogP contribution in [0.5, 0.6) is 0 Å². The monoisotopic (exact) mass is 293 g/mol. The zero-order valence-electron chi connectivity index (χ0n) is 11.7. The maximum atomic E-state index is 12.3. The molecule has 0 atom stereocenters. The Balaban J connectivity index is 3.13. The third-order valence-corrected chi connectivity index (χ3v) is 2.43. The Morgan fingerprint density at radius 2 is 2.00 bits per heavy atom. The van der Waals surface area contributed by atoms with Gasteiger partial charge < -0.3 is 9.47 Å². The third kappa shape index (κ3) is 4.41. The van der Waals surface area contributed by atoms with Crippen LogP contribution in [0.3, 0.4) is 0 Å². The molecular formula is C14H15NO6. The molecule has 0 unspecified atom stereocenters. The van der Waals surface area contributed by atoms with Crippen LogP contribution in [0.25, 0.3) is 0 Å². The van der Waals surface area contributed by atoms with Crippen LogP contribution < -0.4 is 0 Å². The van der Waals surface area contributed by atoms with Gasteiger partial charge in [0.1, 0.15) is 11.8 Å². The third-order valence-electron chi connectivity index (χ3n) is 2.43. The summed E-state index contributed by atoms with van der Waals surface area (Å²) in [7, 11) is 0. The Morgan fingerprint density at radius 3 is 2.57 bits per heavy atom. The number of nitro groups is 1. The number of nitro benzene ring substituents is 1. The molecule has 0 aliphatic heterocycles. The largest absolute Gasteiger partial charge is 0.500 e. The maximum Gasteiger partial charge on any atom is 0.345 e. The molecule has 0 amide bonds. The van der Waals surface area contributed by atoms with Gasteiger partial charge in [-0.15, -0.1) is 0 Å². The Bertz CT molecular complexity index is 579. The first kappa shape index (κ1) is 16.4. The Labute approximate surface area is 121 Å². The van der Waals surface area contributed by atoms with Crippen LogP contribution in [-0.2, 0) is 14.3 Å². The minimum absolute atomic E-state index is 0.0169. The molecule has 0 fully saturated rings. The molecule has 0 N–H and O–H groups in total. The Morgan fingerprint density at radius 1 is 1.29 bits per heavy atom. The van der Waals surface area contributed by atoms with E-state index in [0.717, 1.165) is 12.3 Å². The molecule has 112 valence electrons. The van der Waals surface area contributed by atoms with E-state index in [1.165, 1.54) is 18.2 Å². The van der Waals surface area contributed by atoms with E-state index in [0.29, 0.717) is 0 Å². The molecule has 0 saturated carbocycles. The highest BCUT2D eigenvalue weighted by atomic mass is 16.6. The van der Waals surface area contributed by atoms with Crippen molar-refractivity contribution in [1.82, 2.24) is 0 Å². The summed E-state index contributed by atoms with van der Waals surface area (Å²) in [5.41, 5.74) is -0.525. The van der Waals surface area contributed by atoms with Crippen LogP contribution in [-0.4, -0.2) is 29.9 Å². The van der Waals surface area contributed by atoms with E-state index in [2.05, 4.69) is 0 Å². The number of carbonyl (C=O) groups is 2. The number of hydrogen-bond acceptors (Lipinski definition) is 6. The molecule has 0 bridgehead atoms. The number of esters is 1. The minimum Gasteiger partial charge on any atom is -0.500 e. The standard InChI is InChI=1S/C14H15NO6/c1-3-20-9-12(14(17)21-4-2)13(16)10-6-5-7-11(8-10)15(18)19/h5-9H,3-4H2,1-2H3. The van der Waals surface area contributed by atoms with Crippen molar-refractivity contribution in [2.75, 3.05) is 13.2 Å². The van der Waals surface area contributed by atoms with Crippen LogP contribution in [0.15, 0.2) is 36.1 Å². The van der Waals surface area contributed by atoms with Gasteiger partial charge in [-0.1, -0.05) is 12.1 Å². The van der Waals surface area contributed by atoms with Crippen molar-refractivity contribution < 1.29 is 24.0 Å². The molecule has 1 aromatic carbocycles. The van der Waals surface area contributed by atoms with Gasteiger partial charge in [0.05, 0.1) is 18.1 Å². The summed E-state index contributed by atoms with van der Waals surface area (Å²) >= 11 is 0. The van der Waals surface area contributed by atoms with Gasteiger partial charge in [0.15, 0.2) is 0 Å². The summed E-state index contributed by atoms with van der Waals surface area (Å²) in [6.07, 6.45) is 1.01. The van der Waals surface area contributed by atoms with Gasteiger partial charge in [0.2, 0.25) is 5.78 Å². The summed E-state index contributed by atoms with van der Waals surface area (Å²) in [5, 5.41) is 10.7. The molecule has 0 heterocycles. The second-order valence-electron chi connectivity index (χ2n) is 3.84. The van der Waals surface area contributed by atoms with Gasteiger partial charge in [0, 0.05) is 17.7 Å². The molecule has 0 radical (unpaired) electrons. The van der Waals surface area contributed by atoms with Gasteiger partial charge in [-0.2, -0.15) is 0 Å². The lowest BCUT2D eigenvalue weighted by molar-refractivity contribution is -0.384. The number of benzene rings is 1. The fourth-order valence-corrected chi connectivity index (χ4v) is 1.49. The predicted octanol–water partition coefficient (Wildman–Crippen LogP) is 2.26. The van der Waals surface area contributed by atoms with Gasteiger partial charge in [0.25, 0.3) is 5.69 Å². The molecular weight excluding hydrogens is 278 g/mol. The first-order valence-electron chi connectivity index (χ1n) is 6.29. The second kappa shape index (κ2) is 7.78. The van der Waals surface area contributed by atoms with E-state index in [1.54, 1.807) is 13.8 Å². The first-order chi connectivity index (χ1) is 10.0. The Hall–Kier alpha value is -2.70. The van der Waals surface area contributed by atoms with Crippen LogP contribution >= 0.6 is 0 Å². The molecule has 1 aromatic rings. The van der Waals surface area contributed by atoms with Gasteiger partial charge in [-0.3, -0.25) is 14.9 Å². The summed E-state index contributed by atoms with van der Waals surface area (Å²) in [5.74, 6) is -1.52. The molecule has 21 heavy (non-hydrogen) atoms. The van der Waals surface area contributed by atoms with Gasteiger partial charge in [-0.25, -0.2) is 4.79 Å². The zero-order valence-corrected chi connectivity index (χ0v) is 11.7. The van der Waals surface area contributed by atoms with Crippen LogP contribution in [0.2, 0.25) is 0 Å². The number of ether oxygens (including phenoxy) is 2. The van der Waals surface area contributed by atoms with Crippen molar-refractivity contribution in [2.45, 2.75) is 13.8 Å². The lowest BCUT2D eigenvalue weighted by Gasteiger charge is -2.06. The highest BCUT2D eigenvalue weighted by molar-refractivity contribution is 6.24. The van der Waals surface area contributed by atoms with E-state index in [9.17, 15) is 19.7 Å². The predicted molar refractivity (Wildman–Crippen MR) is 73.8 cm³/mol. The number of nitrogens with zero attached hydrogens (tertiary/aromatic N) is 1. The summed E-state index contributed by atoms with van der Waals surface area (Å²) in [6.45, 7) is 3.67. The number of carbonyl (C=O) groups excluding carboxylic acids is 2. The normalized spacial score (nSPS) is 10.9. The topological polar surface area (TPSA) is 95.7 Å². The average molecular weight is 293 g/mol. The van der Waals surface area contributed by atoms with Crippen LogP contribution in [0.1, 0.15) is 24.2 Å². The molecule has 0 spiro atoms. The molecule has 1 rings (SSSR count). The van der Waals surface area contributed by atoms with Crippen molar-refractivity contribution in [3.8, 4) is 0 Å². The summed E-state index contributed by atoms with van der Waals surface area (Å²) in [4.78, 5) is 34.1. The number of Topliss-reactive ketones (excluding diaryl/α,β-unsaturated/α-hetero) is 1. The molecule has 7 nitrogen and oxygen atoms in total. The Kier molecular flexibility index (Phi) is 6.06.